The maximum Gasteiger partial charge on any atom is 0.146 e. The van der Waals surface area contributed by atoms with E-state index >= 15 is 0 Å². The molecule has 21 heavy (non-hydrogen) atoms. The predicted octanol–water partition coefficient (Wildman–Crippen LogP) is 3.61. The van der Waals surface area contributed by atoms with Gasteiger partial charge >= 0.3 is 0 Å². The normalized spacial score (nSPS) is 14.1. The molecule has 110 valence electrons. The highest BCUT2D eigenvalue weighted by atomic mass is 19.1. The van der Waals surface area contributed by atoms with Gasteiger partial charge in [-0.05, 0) is 31.9 Å². The van der Waals surface area contributed by atoms with Crippen molar-refractivity contribution in [3.05, 3.63) is 41.5 Å². The number of anilines is 3. The van der Waals surface area contributed by atoms with Crippen LogP contribution in [0.15, 0.2) is 24.3 Å². The first kappa shape index (κ1) is 13.8. The smallest absolute Gasteiger partial charge is 0.146 e. The van der Waals surface area contributed by atoms with Gasteiger partial charge in [-0.1, -0.05) is 12.1 Å². The quantitative estimate of drug-likeness (QED) is 0.932. The Morgan fingerprint density at radius 1 is 1.24 bits per heavy atom. The van der Waals surface area contributed by atoms with Crippen LogP contribution in [-0.4, -0.2) is 24.1 Å². The molecule has 1 heterocycles. The summed E-state index contributed by atoms with van der Waals surface area (Å²) in [7, 11) is 3.68. The van der Waals surface area contributed by atoms with Gasteiger partial charge < -0.3 is 10.2 Å². The van der Waals surface area contributed by atoms with E-state index in [0.29, 0.717) is 11.6 Å². The van der Waals surface area contributed by atoms with Crippen LogP contribution >= 0.6 is 0 Å². The monoisotopic (exact) mass is 286 g/mol. The van der Waals surface area contributed by atoms with E-state index in [4.69, 9.17) is 0 Å². The molecule has 5 heteroatoms. The SMILES string of the molecule is CNc1nc(C2CC2)nc(N(C)c2ccccc2F)c1C. The van der Waals surface area contributed by atoms with Crippen LogP contribution in [-0.2, 0) is 0 Å². The second kappa shape index (κ2) is 5.31. The topological polar surface area (TPSA) is 41.1 Å². The van der Waals surface area contributed by atoms with Gasteiger partial charge in [0.25, 0.3) is 0 Å². The fourth-order valence-electron chi connectivity index (χ4n) is 2.45. The molecule has 0 atom stereocenters. The van der Waals surface area contributed by atoms with Gasteiger partial charge in [-0.3, -0.25) is 0 Å². The van der Waals surface area contributed by atoms with Crippen molar-refractivity contribution in [2.45, 2.75) is 25.7 Å². The molecule has 1 aromatic heterocycles. The van der Waals surface area contributed by atoms with Crippen molar-refractivity contribution in [3.63, 3.8) is 0 Å². The molecular weight excluding hydrogens is 267 g/mol. The molecule has 1 aliphatic rings. The Bertz CT molecular complexity index is 667. The van der Waals surface area contributed by atoms with E-state index in [1.165, 1.54) is 6.07 Å². The Morgan fingerprint density at radius 2 is 1.95 bits per heavy atom. The number of nitrogens with one attached hydrogen (secondary N) is 1. The fraction of sp³-hybridized carbons (Fsp3) is 0.375. The molecule has 0 amide bonds. The zero-order valence-electron chi connectivity index (χ0n) is 12.5. The largest absolute Gasteiger partial charge is 0.373 e. The van der Waals surface area contributed by atoms with Crippen LogP contribution in [0, 0.1) is 12.7 Å². The third kappa shape index (κ3) is 2.55. The summed E-state index contributed by atoms with van der Waals surface area (Å²) in [5, 5.41) is 3.11. The van der Waals surface area contributed by atoms with E-state index in [-0.39, 0.29) is 5.82 Å². The lowest BCUT2D eigenvalue weighted by molar-refractivity contribution is 0.627. The predicted molar refractivity (Wildman–Crippen MR) is 82.8 cm³/mol. The molecule has 0 unspecified atom stereocenters. The minimum absolute atomic E-state index is 0.253. The average Bonchev–Trinajstić information content (AvgIpc) is 3.32. The maximum absolute atomic E-state index is 14.0. The molecule has 1 saturated carbocycles. The Kier molecular flexibility index (Phi) is 3.49. The van der Waals surface area contributed by atoms with Gasteiger partial charge in [-0.2, -0.15) is 0 Å². The standard InChI is InChI=1S/C16H19FN4/c1-10-14(18-2)19-15(11-8-9-11)20-16(10)21(3)13-7-5-4-6-12(13)17/h4-7,11H,8-9H2,1-3H3,(H,18,19,20). The molecule has 4 nitrogen and oxygen atoms in total. The summed E-state index contributed by atoms with van der Waals surface area (Å²) in [6, 6.07) is 6.73. The molecular formula is C16H19FN4. The molecule has 0 bridgehead atoms. The van der Waals surface area contributed by atoms with Crippen LogP contribution in [0.3, 0.4) is 0 Å². The Labute approximate surface area is 124 Å². The first-order chi connectivity index (χ1) is 10.1. The molecule has 1 aliphatic carbocycles. The number of benzene rings is 1. The third-order valence-electron chi connectivity index (χ3n) is 3.85. The Morgan fingerprint density at radius 3 is 2.57 bits per heavy atom. The van der Waals surface area contributed by atoms with Crippen LogP contribution in [0.2, 0.25) is 0 Å². The average molecular weight is 286 g/mol. The van der Waals surface area contributed by atoms with E-state index in [1.54, 1.807) is 17.0 Å². The van der Waals surface area contributed by atoms with E-state index in [1.807, 2.05) is 27.1 Å². The maximum atomic E-state index is 14.0. The van der Waals surface area contributed by atoms with Crippen molar-refractivity contribution in [2.75, 3.05) is 24.3 Å². The highest BCUT2D eigenvalue weighted by molar-refractivity contribution is 5.67. The fourth-order valence-corrected chi connectivity index (χ4v) is 2.45. The number of para-hydroxylation sites is 1. The number of aromatic nitrogens is 2. The van der Waals surface area contributed by atoms with Crippen LogP contribution in [0.4, 0.5) is 21.7 Å². The van der Waals surface area contributed by atoms with Crippen molar-refractivity contribution in [2.24, 2.45) is 0 Å². The number of hydrogen-bond donors (Lipinski definition) is 1. The Balaban J connectivity index is 2.08. The highest BCUT2D eigenvalue weighted by Crippen LogP contribution is 2.40. The Hall–Kier alpha value is -2.17. The summed E-state index contributed by atoms with van der Waals surface area (Å²) in [4.78, 5) is 11.0. The summed E-state index contributed by atoms with van der Waals surface area (Å²) >= 11 is 0. The second-order valence-corrected chi connectivity index (χ2v) is 5.41. The molecule has 0 aliphatic heterocycles. The van der Waals surface area contributed by atoms with E-state index in [9.17, 15) is 4.39 Å². The van der Waals surface area contributed by atoms with Crippen LogP contribution in [0.25, 0.3) is 0 Å². The summed E-state index contributed by atoms with van der Waals surface area (Å²) in [6.45, 7) is 1.95. The summed E-state index contributed by atoms with van der Waals surface area (Å²) in [6.07, 6.45) is 2.27. The third-order valence-corrected chi connectivity index (χ3v) is 3.85. The van der Waals surface area contributed by atoms with Crippen LogP contribution in [0.1, 0.15) is 30.1 Å². The van der Waals surface area contributed by atoms with Crippen molar-refractivity contribution in [1.29, 1.82) is 0 Å². The molecule has 1 N–H and O–H groups in total. The van der Waals surface area contributed by atoms with Gasteiger partial charge in [-0.15, -0.1) is 0 Å². The van der Waals surface area contributed by atoms with Crippen molar-refractivity contribution < 1.29 is 4.39 Å². The number of rotatable bonds is 4. The summed E-state index contributed by atoms with van der Waals surface area (Å²) in [5.41, 5.74) is 1.44. The van der Waals surface area contributed by atoms with Crippen LogP contribution in [0.5, 0.6) is 0 Å². The van der Waals surface area contributed by atoms with E-state index in [2.05, 4.69) is 15.3 Å². The van der Waals surface area contributed by atoms with Crippen molar-refractivity contribution in [1.82, 2.24) is 9.97 Å². The molecule has 0 spiro atoms. The van der Waals surface area contributed by atoms with Gasteiger partial charge in [0.2, 0.25) is 0 Å². The zero-order chi connectivity index (χ0) is 15.0. The number of nitrogens with zero attached hydrogens (tertiary/aromatic N) is 3. The first-order valence-electron chi connectivity index (χ1n) is 7.16. The minimum Gasteiger partial charge on any atom is -0.373 e. The zero-order valence-corrected chi connectivity index (χ0v) is 12.5. The van der Waals surface area contributed by atoms with Gasteiger partial charge in [0.05, 0.1) is 5.69 Å². The van der Waals surface area contributed by atoms with Crippen molar-refractivity contribution >= 4 is 17.3 Å². The lowest BCUT2D eigenvalue weighted by Gasteiger charge is -2.22. The van der Waals surface area contributed by atoms with Crippen molar-refractivity contribution in [3.8, 4) is 0 Å². The first-order valence-corrected chi connectivity index (χ1v) is 7.16. The number of hydrogen-bond acceptors (Lipinski definition) is 4. The van der Waals surface area contributed by atoms with Gasteiger partial charge in [0.1, 0.15) is 23.3 Å². The molecule has 2 aromatic rings. The minimum atomic E-state index is -0.253. The molecule has 0 radical (unpaired) electrons. The molecule has 1 aromatic carbocycles. The van der Waals surface area contributed by atoms with Crippen LogP contribution < -0.4 is 10.2 Å². The van der Waals surface area contributed by atoms with Gasteiger partial charge in [0, 0.05) is 25.6 Å². The lowest BCUT2D eigenvalue weighted by Crippen LogP contribution is -2.17. The van der Waals surface area contributed by atoms with E-state index in [0.717, 1.165) is 35.9 Å². The number of halogens is 1. The van der Waals surface area contributed by atoms with Gasteiger partial charge in [0.15, 0.2) is 0 Å². The second-order valence-electron chi connectivity index (χ2n) is 5.41. The molecule has 3 rings (SSSR count). The molecule has 1 fully saturated rings. The van der Waals surface area contributed by atoms with Gasteiger partial charge in [-0.25, -0.2) is 14.4 Å². The summed E-state index contributed by atoms with van der Waals surface area (Å²) < 4.78 is 14.0. The summed E-state index contributed by atoms with van der Waals surface area (Å²) in [5.74, 6) is 2.61. The molecule has 0 saturated heterocycles. The highest BCUT2D eigenvalue weighted by Gasteiger charge is 2.29. The lowest BCUT2D eigenvalue weighted by atomic mass is 10.2. The van der Waals surface area contributed by atoms with E-state index < -0.39 is 0 Å².